The van der Waals surface area contributed by atoms with E-state index < -0.39 is 0 Å². The van der Waals surface area contributed by atoms with Crippen molar-refractivity contribution in [2.75, 3.05) is 7.05 Å². The highest BCUT2D eigenvalue weighted by molar-refractivity contribution is 5.03. The third-order valence-electron chi connectivity index (χ3n) is 3.85. The molecule has 19 heavy (non-hydrogen) atoms. The minimum absolute atomic E-state index is 0.659. The molecule has 0 aliphatic carbocycles. The second-order valence-corrected chi connectivity index (χ2v) is 5.60. The maximum atomic E-state index is 4.22. The Balaban J connectivity index is 2.08. The Hall–Kier alpha value is -0.830. The smallest absolute Gasteiger partial charge is 0.0521 e. The summed E-state index contributed by atoms with van der Waals surface area (Å²) in [7, 11) is 4.07. The van der Waals surface area contributed by atoms with Crippen molar-refractivity contribution in [3.05, 3.63) is 18.0 Å². The number of nitrogens with one attached hydrogen (secondary N) is 1. The van der Waals surface area contributed by atoms with Crippen LogP contribution in [0.15, 0.2) is 12.4 Å². The van der Waals surface area contributed by atoms with Crippen molar-refractivity contribution in [3.8, 4) is 0 Å². The standard InChI is InChI=1S/C16H31N3/c1-4-5-6-7-8-9-10-16(17-2)12-11-15-13-18-19(3)14-15/h13-14,16-17H,4-12H2,1-3H3. The van der Waals surface area contributed by atoms with E-state index in [1.54, 1.807) is 0 Å². The van der Waals surface area contributed by atoms with Gasteiger partial charge < -0.3 is 5.32 Å². The highest BCUT2D eigenvalue weighted by atomic mass is 15.2. The molecule has 0 spiro atoms. The third kappa shape index (κ3) is 7.36. The predicted molar refractivity (Wildman–Crippen MR) is 82.4 cm³/mol. The number of nitrogens with zero attached hydrogens (tertiary/aromatic N) is 2. The van der Waals surface area contributed by atoms with Gasteiger partial charge in [-0.05, 0) is 31.9 Å². The summed E-state index contributed by atoms with van der Waals surface area (Å²) in [5.41, 5.74) is 1.35. The molecule has 1 unspecified atom stereocenters. The van der Waals surface area contributed by atoms with Gasteiger partial charge in [-0.2, -0.15) is 5.10 Å². The molecular formula is C16H31N3. The van der Waals surface area contributed by atoms with Crippen molar-refractivity contribution in [1.82, 2.24) is 15.1 Å². The van der Waals surface area contributed by atoms with Gasteiger partial charge in [-0.25, -0.2) is 0 Å². The lowest BCUT2D eigenvalue weighted by molar-refractivity contribution is 0.458. The molecule has 1 aromatic rings. The second-order valence-electron chi connectivity index (χ2n) is 5.60. The second kappa shape index (κ2) is 10.0. The zero-order chi connectivity index (χ0) is 13.9. The molecular weight excluding hydrogens is 234 g/mol. The first-order valence-corrected chi connectivity index (χ1v) is 7.91. The number of unbranched alkanes of at least 4 members (excludes halogenated alkanes) is 5. The van der Waals surface area contributed by atoms with Gasteiger partial charge >= 0.3 is 0 Å². The van der Waals surface area contributed by atoms with Gasteiger partial charge in [-0.3, -0.25) is 4.68 Å². The van der Waals surface area contributed by atoms with Crippen LogP contribution >= 0.6 is 0 Å². The SMILES string of the molecule is CCCCCCCCC(CCc1cnn(C)c1)NC. The number of hydrogen-bond donors (Lipinski definition) is 1. The topological polar surface area (TPSA) is 29.9 Å². The average Bonchev–Trinajstić information content (AvgIpc) is 2.83. The van der Waals surface area contributed by atoms with Crippen molar-refractivity contribution in [2.24, 2.45) is 7.05 Å². The predicted octanol–water partition coefficient (Wildman–Crippen LogP) is 3.69. The highest BCUT2D eigenvalue weighted by Crippen LogP contribution is 2.12. The van der Waals surface area contributed by atoms with Gasteiger partial charge in [0.05, 0.1) is 6.20 Å². The van der Waals surface area contributed by atoms with Crippen LogP contribution in [0.5, 0.6) is 0 Å². The molecule has 1 rings (SSSR count). The molecule has 0 radical (unpaired) electrons. The first-order chi connectivity index (χ1) is 9.26. The van der Waals surface area contributed by atoms with Gasteiger partial charge in [0, 0.05) is 19.3 Å². The number of aromatic nitrogens is 2. The van der Waals surface area contributed by atoms with Gasteiger partial charge in [-0.1, -0.05) is 45.4 Å². The molecule has 3 nitrogen and oxygen atoms in total. The van der Waals surface area contributed by atoms with E-state index in [0.29, 0.717) is 6.04 Å². The summed E-state index contributed by atoms with van der Waals surface area (Å²) < 4.78 is 1.89. The van der Waals surface area contributed by atoms with E-state index in [9.17, 15) is 0 Å². The molecule has 3 heteroatoms. The van der Waals surface area contributed by atoms with Crippen LogP contribution in [-0.2, 0) is 13.5 Å². The summed E-state index contributed by atoms with van der Waals surface area (Å²) in [5, 5.41) is 7.67. The summed E-state index contributed by atoms with van der Waals surface area (Å²) >= 11 is 0. The van der Waals surface area contributed by atoms with Gasteiger partial charge in [0.2, 0.25) is 0 Å². The number of hydrogen-bond acceptors (Lipinski definition) is 2. The van der Waals surface area contributed by atoms with E-state index in [0.717, 1.165) is 6.42 Å². The zero-order valence-electron chi connectivity index (χ0n) is 13.0. The lowest BCUT2D eigenvalue weighted by Gasteiger charge is -2.15. The molecule has 0 saturated heterocycles. The van der Waals surface area contributed by atoms with E-state index in [1.807, 2.05) is 17.9 Å². The van der Waals surface area contributed by atoms with Crippen LogP contribution in [-0.4, -0.2) is 22.9 Å². The van der Waals surface area contributed by atoms with Gasteiger partial charge in [0.15, 0.2) is 0 Å². The molecule has 0 aliphatic rings. The Bertz CT molecular complexity index is 320. The monoisotopic (exact) mass is 265 g/mol. The molecule has 1 atom stereocenters. The first kappa shape index (κ1) is 16.2. The van der Waals surface area contributed by atoms with Crippen LogP contribution in [0.4, 0.5) is 0 Å². The minimum Gasteiger partial charge on any atom is -0.317 e. The van der Waals surface area contributed by atoms with Crippen molar-refractivity contribution in [1.29, 1.82) is 0 Å². The average molecular weight is 265 g/mol. The van der Waals surface area contributed by atoms with E-state index in [-0.39, 0.29) is 0 Å². The summed E-state index contributed by atoms with van der Waals surface area (Å²) in [6.07, 6.45) is 16.1. The molecule has 110 valence electrons. The first-order valence-electron chi connectivity index (χ1n) is 7.91. The zero-order valence-corrected chi connectivity index (χ0v) is 13.0. The number of aryl methyl sites for hydroxylation is 2. The molecule has 0 aliphatic heterocycles. The highest BCUT2D eigenvalue weighted by Gasteiger charge is 2.07. The minimum atomic E-state index is 0.659. The molecule has 0 bridgehead atoms. The fraction of sp³-hybridized carbons (Fsp3) is 0.812. The van der Waals surface area contributed by atoms with Crippen molar-refractivity contribution < 1.29 is 0 Å². The van der Waals surface area contributed by atoms with Crippen LogP contribution in [0.2, 0.25) is 0 Å². The molecule has 1 heterocycles. The molecule has 0 aromatic carbocycles. The molecule has 1 N–H and O–H groups in total. The summed E-state index contributed by atoms with van der Waals surface area (Å²) in [4.78, 5) is 0. The Morgan fingerprint density at radius 2 is 1.89 bits per heavy atom. The number of rotatable bonds is 11. The van der Waals surface area contributed by atoms with Gasteiger partial charge in [0.25, 0.3) is 0 Å². The van der Waals surface area contributed by atoms with Crippen LogP contribution in [0, 0.1) is 0 Å². The molecule has 0 fully saturated rings. The molecule has 0 amide bonds. The quantitative estimate of drug-likeness (QED) is 0.618. The van der Waals surface area contributed by atoms with Gasteiger partial charge in [-0.15, -0.1) is 0 Å². The fourth-order valence-electron chi connectivity index (χ4n) is 2.55. The van der Waals surface area contributed by atoms with Crippen molar-refractivity contribution >= 4 is 0 Å². The normalized spacial score (nSPS) is 12.8. The Morgan fingerprint density at radius 3 is 2.53 bits per heavy atom. The van der Waals surface area contributed by atoms with E-state index >= 15 is 0 Å². The van der Waals surface area contributed by atoms with Crippen molar-refractivity contribution in [2.45, 2.75) is 70.8 Å². The van der Waals surface area contributed by atoms with E-state index in [1.165, 1.54) is 56.9 Å². The van der Waals surface area contributed by atoms with E-state index in [2.05, 4.69) is 30.6 Å². The van der Waals surface area contributed by atoms with Crippen LogP contribution in [0.25, 0.3) is 0 Å². The summed E-state index contributed by atoms with van der Waals surface area (Å²) in [5.74, 6) is 0. The lowest BCUT2D eigenvalue weighted by Crippen LogP contribution is -2.25. The summed E-state index contributed by atoms with van der Waals surface area (Å²) in [6.45, 7) is 2.27. The maximum Gasteiger partial charge on any atom is 0.0521 e. The van der Waals surface area contributed by atoms with Crippen LogP contribution in [0.1, 0.15) is 63.9 Å². The Labute approximate surface area is 118 Å². The third-order valence-corrected chi connectivity index (χ3v) is 3.85. The van der Waals surface area contributed by atoms with Gasteiger partial charge in [0.1, 0.15) is 0 Å². The van der Waals surface area contributed by atoms with Crippen LogP contribution in [0.3, 0.4) is 0 Å². The maximum absolute atomic E-state index is 4.22. The Morgan fingerprint density at radius 1 is 1.16 bits per heavy atom. The van der Waals surface area contributed by atoms with Crippen molar-refractivity contribution in [3.63, 3.8) is 0 Å². The largest absolute Gasteiger partial charge is 0.317 e. The van der Waals surface area contributed by atoms with Crippen LogP contribution < -0.4 is 5.32 Å². The Kier molecular flexibility index (Phi) is 8.55. The fourth-order valence-corrected chi connectivity index (χ4v) is 2.55. The van der Waals surface area contributed by atoms with E-state index in [4.69, 9.17) is 0 Å². The lowest BCUT2D eigenvalue weighted by atomic mass is 10.0. The summed E-state index contributed by atoms with van der Waals surface area (Å²) in [6, 6.07) is 0.659. The molecule has 1 aromatic heterocycles. The molecule has 0 saturated carbocycles.